The van der Waals surface area contributed by atoms with Gasteiger partial charge in [0.2, 0.25) is 5.78 Å². The van der Waals surface area contributed by atoms with Crippen molar-refractivity contribution in [1.29, 1.82) is 0 Å². The molecule has 262 valence electrons. The largest absolute Gasteiger partial charge is 0.507 e. The van der Waals surface area contributed by atoms with Crippen molar-refractivity contribution in [3.8, 4) is 11.5 Å². The van der Waals surface area contributed by atoms with Crippen LogP contribution in [0.5, 0.6) is 11.5 Å². The van der Waals surface area contributed by atoms with Gasteiger partial charge in [0.25, 0.3) is 5.91 Å². The number of carbonyl (C=O) groups is 4. The van der Waals surface area contributed by atoms with Crippen LogP contribution in [-0.2, 0) is 4.79 Å². The summed E-state index contributed by atoms with van der Waals surface area (Å²) in [5.74, 6) is -9.96. The molecule has 13 heteroatoms. The number of aliphatic hydroxyl groups is 6. The topological polar surface area (TPSA) is 242 Å². The number of rotatable bonds is 2. The van der Waals surface area contributed by atoms with Crippen LogP contribution in [0.25, 0.3) is 0 Å². The number of fused-ring (bicyclic) bond motifs is 15. The monoisotopic (exact) mass is 671 g/mol. The summed E-state index contributed by atoms with van der Waals surface area (Å²) < 4.78 is 0. The Morgan fingerprint density at radius 3 is 1.79 bits per heavy atom. The Morgan fingerprint density at radius 1 is 0.729 bits per heavy atom. The average molecular weight is 672 g/mol. The Morgan fingerprint density at radius 2 is 1.25 bits per heavy atom. The predicted molar refractivity (Wildman–Crippen MR) is 173 cm³/mol. The second kappa shape index (κ2) is 15.5. The van der Waals surface area contributed by atoms with Gasteiger partial charge < -0.3 is 46.2 Å². The summed E-state index contributed by atoms with van der Waals surface area (Å²) in [7, 11) is 0. The van der Waals surface area contributed by atoms with Crippen LogP contribution in [0.4, 0.5) is 0 Å². The van der Waals surface area contributed by atoms with E-state index in [0.717, 1.165) is 6.08 Å². The van der Waals surface area contributed by atoms with Crippen molar-refractivity contribution in [1.82, 2.24) is 5.32 Å². The number of aliphatic hydroxyl groups excluding tert-OH is 6. The minimum atomic E-state index is -1.46. The fourth-order valence-corrected chi connectivity index (χ4v) is 6.18. The number of ketones is 3. The lowest BCUT2D eigenvalue weighted by atomic mass is 9.76. The second-order valence-electron chi connectivity index (χ2n) is 12.8. The number of phenols is 2. The van der Waals surface area contributed by atoms with E-state index in [0.29, 0.717) is 0 Å². The summed E-state index contributed by atoms with van der Waals surface area (Å²) in [6.07, 6.45) is 0.837. The summed E-state index contributed by atoms with van der Waals surface area (Å²) >= 11 is 0. The Kier molecular flexibility index (Phi) is 12.4. The zero-order chi connectivity index (χ0) is 36.4. The van der Waals surface area contributed by atoms with Gasteiger partial charge >= 0.3 is 0 Å². The molecule has 13 nitrogen and oxygen atoms in total. The molecule has 1 amide bonds. The van der Waals surface area contributed by atoms with Crippen LogP contribution in [0, 0.1) is 36.5 Å². The number of aromatic hydroxyl groups is 2. The van der Waals surface area contributed by atoms with Gasteiger partial charge in [-0.2, -0.15) is 0 Å². The molecule has 3 aliphatic rings. The van der Waals surface area contributed by atoms with Crippen LogP contribution in [0.2, 0.25) is 0 Å². The van der Waals surface area contributed by atoms with Crippen molar-refractivity contribution in [3.63, 3.8) is 0 Å². The van der Waals surface area contributed by atoms with E-state index in [1.807, 2.05) is 0 Å². The first-order valence-electron chi connectivity index (χ1n) is 15.7. The molecular weight excluding hydrogens is 626 g/mol. The highest BCUT2D eigenvalue weighted by molar-refractivity contribution is 6.31. The molecule has 9 N–H and O–H groups in total. The van der Waals surface area contributed by atoms with Crippen molar-refractivity contribution in [2.45, 2.75) is 66.0 Å². The van der Waals surface area contributed by atoms with Gasteiger partial charge in [-0.25, -0.2) is 0 Å². The molecule has 1 aliphatic carbocycles. The Labute approximate surface area is 278 Å². The van der Waals surface area contributed by atoms with E-state index in [4.69, 9.17) is 0 Å². The smallest absolute Gasteiger partial charge is 0.254 e. The summed E-state index contributed by atoms with van der Waals surface area (Å²) in [5.41, 5.74) is -3.16. The fourth-order valence-electron chi connectivity index (χ4n) is 6.18. The van der Waals surface area contributed by atoms with Gasteiger partial charge in [-0.05, 0) is 19.4 Å². The van der Waals surface area contributed by atoms with E-state index in [2.05, 4.69) is 5.32 Å². The third-order valence-electron chi connectivity index (χ3n) is 9.57. The molecular formula is C35H45NO12. The van der Waals surface area contributed by atoms with Crippen LogP contribution in [0.3, 0.4) is 0 Å². The van der Waals surface area contributed by atoms with Crippen molar-refractivity contribution >= 4 is 23.3 Å². The summed E-state index contributed by atoms with van der Waals surface area (Å²) in [6.45, 7) is 7.26. The summed E-state index contributed by atoms with van der Waals surface area (Å²) in [4.78, 5) is 53.8. The molecule has 2 heterocycles. The maximum absolute atomic E-state index is 13.8. The number of phenolic OH excluding ortho intramolecular Hbond substituents is 2. The van der Waals surface area contributed by atoms with Gasteiger partial charge in [-0.1, -0.05) is 52.0 Å². The lowest BCUT2D eigenvalue weighted by Gasteiger charge is -2.37. The molecule has 0 saturated carbocycles. The van der Waals surface area contributed by atoms with E-state index in [1.165, 1.54) is 52.0 Å². The van der Waals surface area contributed by atoms with E-state index in [1.54, 1.807) is 13.8 Å². The number of nitrogens with one attached hydrogen (secondary N) is 1. The number of amides is 1. The third-order valence-corrected chi connectivity index (χ3v) is 9.57. The standard InChI is InChI=1S/C35H45NO12/c1-14-8-7-9-20(12-37)35(48)36-22-11-23(39)24-25(32(45)19(6)33(46)26(24)34(22)47)28(41)15(2)10-21(13-38)31(44)18(5)30(43)17(4)29(42)16(3)27(14)40/h7-11,14,16-18,21,27,29-31,37-38,40,42-46H,12-13H2,1-6H3,(H,36,48)/t14-,16+,17+,18+,21+,27-,29+,30+,31+/m0/s1. The van der Waals surface area contributed by atoms with Crippen LogP contribution < -0.4 is 5.32 Å². The molecule has 2 aliphatic heterocycles. The zero-order valence-corrected chi connectivity index (χ0v) is 27.7. The highest BCUT2D eigenvalue weighted by atomic mass is 16.3. The molecule has 0 spiro atoms. The van der Waals surface area contributed by atoms with Crippen LogP contribution in [0.1, 0.15) is 71.3 Å². The number of carbonyl (C=O) groups excluding carboxylic acids is 4. The summed E-state index contributed by atoms with van der Waals surface area (Å²) in [6, 6.07) is 0. The molecule has 4 rings (SSSR count). The lowest BCUT2D eigenvalue weighted by Crippen LogP contribution is -2.46. The Bertz CT molecular complexity index is 1590. The van der Waals surface area contributed by atoms with Crippen LogP contribution in [-0.4, -0.2) is 102 Å². The van der Waals surface area contributed by atoms with E-state index in [-0.39, 0.29) is 16.7 Å². The van der Waals surface area contributed by atoms with Gasteiger partial charge in [0.1, 0.15) is 11.5 Å². The van der Waals surface area contributed by atoms with Crippen LogP contribution in [0.15, 0.2) is 47.2 Å². The molecule has 4 bridgehead atoms. The number of hydrogen-bond donors (Lipinski definition) is 9. The van der Waals surface area contributed by atoms with Crippen molar-refractivity contribution in [3.05, 3.63) is 69.5 Å². The maximum Gasteiger partial charge on any atom is 0.254 e. The molecule has 1 aromatic rings. The molecule has 1 aromatic carbocycles. The van der Waals surface area contributed by atoms with Crippen molar-refractivity contribution in [2.75, 3.05) is 13.2 Å². The van der Waals surface area contributed by atoms with E-state index < -0.39 is 124 Å². The zero-order valence-electron chi connectivity index (χ0n) is 27.7. The van der Waals surface area contributed by atoms with Gasteiger partial charge in [0.15, 0.2) is 11.6 Å². The molecule has 0 unspecified atom stereocenters. The minimum Gasteiger partial charge on any atom is -0.507 e. The van der Waals surface area contributed by atoms with Crippen molar-refractivity contribution < 1.29 is 60.0 Å². The maximum atomic E-state index is 13.8. The lowest BCUT2D eigenvalue weighted by molar-refractivity contribution is -0.117. The van der Waals surface area contributed by atoms with Gasteiger partial charge in [-0.15, -0.1) is 0 Å². The van der Waals surface area contributed by atoms with Gasteiger partial charge in [0.05, 0.1) is 60.0 Å². The first kappa shape index (κ1) is 38.5. The Balaban J connectivity index is 2.24. The number of allylic oxidation sites excluding steroid dienone is 5. The second-order valence-corrected chi connectivity index (χ2v) is 12.8. The van der Waals surface area contributed by atoms with Crippen molar-refractivity contribution in [2.24, 2.45) is 29.6 Å². The SMILES string of the molecule is CC1=C[C@H](CO)[C@H](O)[C@H](C)[C@H](O)[C@H](C)[C@H](O)[C@H](C)[C@@H](O)[C@@H](C)C=CC=C(CO)C(=O)NC2=CC(=O)c3c(c(O)c(C)c(O)c3C2=O)C1=O. The molecule has 0 fully saturated rings. The quantitative estimate of drug-likeness (QED) is 0.214. The normalized spacial score (nSPS) is 31.2. The van der Waals surface area contributed by atoms with E-state index in [9.17, 15) is 60.0 Å². The van der Waals surface area contributed by atoms with Crippen LogP contribution >= 0.6 is 0 Å². The Hall–Kier alpha value is -3.98. The molecule has 0 saturated heterocycles. The number of benzene rings is 1. The summed E-state index contributed by atoms with van der Waals surface area (Å²) in [5, 5.41) is 88.4. The first-order valence-corrected chi connectivity index (χ1v) is 15.7. The molecule has 9 atom stereocenters. The minimum absolute atomic E-state index is 0.164. The molecule has 0 aromatic heterocycles. The van der Waals surface area contributed by atoms with Gasteiger partial charge in [-0.3, -0.25) is 19.2 Å². The third kappa shape index (κ3) is 7.36. The predicted octanol–water partition coefficient (Wildman–Crippen LogP) is 0.999. The fraction of sp³-hybridized carbons (Fsp3) is 0.486. The van der Waals surface area contributed by atoms with Gasteiger partial charge in [0, 0.05) is 46.8 Å². The number of hydrogen-bond acceptors (Lipinski definition) is 12. The van der Waals surface area contributed by atoms with E-state index >= 15 is 0 Å². The average Bonchev–Trinajstić information content (AvgIpc) is 3.06. The molecule has 0 radical (unpaired) electrons. The highest BCUT2D eigenvalue weighted by Crippen LogP contribution is 2.41. The highest BCUT2D eigenvalue weighted by Gasteiger charge is 2.40. The first-order chi connectivity index (χ1) is 22.4. The number of Topliss-reactive ketones (excluding diaryl/α,β-unsaturated/α-hetero) is 2. The molecule has 48 heavy (non-hydrogen) atoms.